The van der Waals surface area contributed by atoms with E-state index < -0.39 is 0 Å². The molecule has 7 heavy (non-hydrogen) atoms. The van der Waals surface area contributed by atoms with E-state index in [2.05, 4.69) is 10.5 Å². The smallest absolute Gasteiger partial charge is 0.369 e. The van der Waals surface area contributed by atoms with Gasteiger partial charge in [0.2, 0.25) is 6.04 Å². The van der Waals surface area contributed by atoms with Crippen molar-refractivity contribution in [3.63, 3.8) is 0 Å². The van der Waals surface area contributed by atoms with Crippen LogP contribution < -0.4 is 5.73 Å². The Labute approximate surface area is 41.4 Å². The third kappa shape index (κ3) is 0.489. The van der Waals surface area contributed by atoms with E-state index in [9.17, 15) is 4.79 Å². The van der Waals surface area contributed by atoms with E-state index in [1.54, 1.807) is 0 Å². The van der Waals surface area contributed by atoms with Gasteiger partial charge in [-0.15, -0.1) is 0 Å². The Morgan fingerprint density at radius 1 is 1.86 bits per heavy atom. The highest BCUT2D eigenvalue weighted by molar-refractivity contribution is 5.79. The Morgan fingerprint density at radius 3 is 2.43 bits per heavy atom. The van der Waals surface area contributed by atoms with Crippen molar-refractivity contribution in [2.45, 2.75) is 19.1 Å². The van der Waals surface area contributed by atoms with E-state index >= 15 is 0 Å². The van der Waals surface area contributed by atoms with Crippen molar-refractivity contribution < 1.29 is 15.3 Å². The largest absolute Gasteiger partial charge is 0.451 e. The molecule has 1 aliphatic heterocycles. The summed E-state index contributed by atoms with van der Waals surface area (Å²) in [4.78, 5) is 10.2. The van der Waals surface area contributed by atoms with Crippen LogP contribution in [0.1, 0.15) is 6.92 Å². The van der Waals surface area contributed by atoms with Crippen LogP contribution >= 0.6 is 0 Å². The van der Waals surface area contributed by atoms with Crippen LogP contribution in [0.2, 0.25) is 0 Å². The molecule has 0 aromatic rings. The Morgan fingerprint density at radius 2 is 2.43 bits per heavy atom. The molecule has 0 radical (unpaired) electrons. The number of quaternary nitrogens is 1. The second kappa shape index (κ2) is 1.20. The van der Waals surface area contributed by atoms with Gasteiger partial charge in [-0.25, -0.2) is 4.79 Å². The Balaban J connectivity index is 2.43. The summed E-state index contributed by atoms with van der Waals surface area (Å²) in [6, 6.07) is -0.111. The Hall–Kier alpha value is -0.570. The van der Waals surface area contributed by atoms with Crippen molar-refractivity contribution in [3.05, 3.63) is 0 Å². The topological polar surface area (TPSA) is 53.9 Å². The van der Waals surface area contributed by atoms with Gasteiger partial charge in [-0.2, -0.15) is 0 Å². The lowest BCUT2D eigenvalue weighted by Crippen LogP contribution is -2.76. The Bertz CT molecular complexity index is 102. The maximum Gasteiger partial charge on any atom is 0.369 e. The molecule has 0 amide bonds. The van der Waals surface area contributed by atoms with E-state index in [1.165, 1.54) is 0 Å². The van der Waals surface area contributed by atoms with Gasteiger partial charge in [0.25, 0.3) is 0 Å². The zero-order valence-corrected chi connectivity index (χ0v) is 4.18. The van der Waals surface area contributed by atoms with Crippen LogP contribution in [0.15, 0.2) is 0 Å². The third-order valence-electron chi connectivity index (χ3n) is 1.17. The van der Waals surface area contributed by atoms with Crippen molar-refractivity contribution >= 4 is 5.97 Å². The number of hydrogen-bond acceptors (Lipinski definition) is 2. The summed E-state index contributed by atoms with van der Waals surface area (Å²) in [5, 5.41) is 0. The highest BCUT2D eigenvalue weighted by Gasteiger charge is 2.39. The highest BCUT2D eigenvalue weighted by Crippen LogP contribution is 2.07. The molecule has 3 N–H and O–H groups in total. The minimum absolute atomic E-state index is 0.0486. The summed E-state index contributed by atoms with van der Waals surface area (Å²) in [6.45, 7) is 1.83. The average Bonchev–Trinajstić information content (AvgIpc) is 1.68. The van der Waals surface area contributed by atoms with Crippen LogP contribution in [0.4, 0.5) is 0 Å². The van der Waals surface area contributed by atoms with Gasteiger partial charge in [0, 0.05) is 0 Å². The number of ether oxygens (including phenoxy) is 1. The van der Waals surface area contributed by atoms with Gasteiger partial charge in [-0.05, 0) is 6.92 Å². The second-order valence-corrected chi connectivity index (χ2v) is 1.75. The first-order valence-electron chi connectivity index (χ1n) is 2.25. The summed E-state index contributed by atoms with van der Waals surface area (Å²) >= 11 is 0. The molecule has 3 heteroatoms. The molecule has 0 unspecified atom stereocenters. The number of cyclic esters (lactones) is 1. The molecule has 0 bridgehead atoms. The molecule has 1 heterocycles. The lowest BCUT2D eigenvalue weighted by Gasteiger charge is -2.25. The number of carbonyl (C=O) groups excluding carboxylic acids is 1. The van der Waals surface area contributed by atoms with Gasteiger partial charge in [0.05, 0.1) is 0 Å². The minimum atomic E-state index is -0.174. The first-order chi connectivity index (χ1) is 3.22. The zero-order chi connectivity index (χ0) is 5.44. The van der Waals surface area contributed by atoms with E-state index in [1.807, 2.05) is 6.92 Å². The van der Waals surface area contributed by atoms with Gasteiger partial charge in [-0.1, -0.05) is 0 Å². The van der Waals surface area contributed by atoms with Gasteiger partial charge in [0.1, 0.15) is 0 Å². The molecule has 0 aromatic heterocycles. The molecule has 3 nitrogen and oxygen atoms in total. The number of rotatable bonds is 0. The molecule has 0 aromatic carbocycles. The third-order valence-corrected chi connectivity index (χ3v) is 1.17. The molecular formula is C4H8NO2+. The van der Waals surface area contributed by atoms with Gasteiger partial charge in [0.15, 0.2) is 6.10 Å². The zero-order valence-electron chi connectivity index (χ0n) is 4.18. The summed E-state index contributed by atoms with van der Waals surface area (Å²) < 4.78 is 4.55. The van der Waals surface area contributed by atoms with Crippen LogP contribution in [-0.2, 0) is 9.53 Å². The van der Waals surface area contributed by atoms with Crippen LogP contribution in [0.5, 0.6) is 0 Å². The molecule has 1 saturated heterocycles. The Kier molecular flexibility index (Phi) is 0.785. The predicted octanol–water partition coefficient (Wildman–Crippen LogP) is -1.46. The molecule has 1 aliphatic rings. The van der Waals surface area contributed by atoms with Crippen LogP contribution in [0.3, 0.4) is 0 Å². The van der Waals surface area contributed by atoms with Crippen molar-refractivity contribution in [2.24, 2.45) is 0 Å². The fourth-order valence-electron chi connectivity index (χ4n) is 0.472. The number of esters is 1. The fraction of sp³-hybridized carbons (Fsp3) is 0.750. The quantitative estimate of drug-likeness (QED) is 0.380. The molecular weight excluding hydrogens is 94.0 g/mol. The summed E-state index contributed by atoms with van der Waals surface area (Å²) in [5.41, 5.74) is 3.53. The van der Waals surface area contributed by atoms with E-state index in [4.69, 9.17) is 0 Å². The predicted molar refractivity (Wildman–Crippen MR) is 22.2 cm³/mol. The maximum atomic E-state index is 10.2. The SMILES string of the molecule is C[C@H]1OC(=O)[C@H]1[NH3+]. The standard InChI is InChI=1S/C4H7NO2/c1-2-3(5)4(6)7-2/h2-3H,5H2,1H3/p+1/t2-,3+/m1/s1. The van der Waals surface area contributed by atoms with Gasteiger partial charge in [-0.3, -0.25) is 0 Å². The van der Waals surface area contributed by atoms with E-state index in [0.29, 0.717) is 0 Å². The van der Waals surface area contributed by atoms with E-state index in [-0.39, 0.29) is 18.1 Å². The first-order valence-corrected chi connectivity index (χ1v) is 2.25. The first kappa shape index (κ1) is 4.59. The van der Waals surface area contributed by atoms with Crippen LogP contribution in [0.25, 0.3) is 0 Å². The van der Waals surface area contributed by atoms with Crippen LogP contribution in [-0.4, -0.2) is 18.1 Å². The van der Waals surface area contributed by atoms with Gasteiger partial charge < -0.3 is 10.5 Å². The molecule has 0 spiro atoms. The normalized spacial score (nSPS) is 39.4. The minimum Gasteiger partial charge on any atom is -0.451 e. The fourth-order valence-corrected chi connectivity index (χ4v) is 0.472. The summed E-state index contributed by atoms with van der Waals surface area (Å²) in [6.07, 6.45) is 0.0486. The van der Waals surface area contributed by atoms with Crippen molar-refractivity contribution in [3.8, 4) is 0 Å². The number of hydrogen-bond donors (Lipinski definition) is 1. The van der Waals surface area contributed by atoms with Crippen molar-refractivity contribution in [1.82, 2.24) is 0 Å². The second-order valence-electron chi connectivity index (χ2n) is 1.75. The van der Waals surface area contributed by atoms with Crippen LogP contribution in [0, 0.1) is 0 Å². The summed E-state index contributed by atoms with van der Waals surface area (Å²) in [5.74, 6) is -0.174. The molecule has 1 fully saturated rings. The monoisotopic (exact) mass is 102 g/mol. The molecule has 40 valence electrons. The van der Waals surface area contributed by atoms with E-state index in [0.717, 1.165) is 0 Å². The highest BCUT2D eigenvalue weighted by atomic mass is 16.6. The number of carbonyl (C=O) groups is 1. The molecule has 1 rings (SSSR count). The molecule has 0 aliphatic carbocycles. The average molecular weight is 102 g/mol. The lowest BCUT2D eigenvalue weighted by molar-refractivity contribution is -0.447. The summed E-state index contributed by atoms with van der Waals surface area (Å²) in [7, 11) is 0. The van der Waals surface area contributed by atoms with Crippen molar-refractivity contribution in [2.75, 3.05) is 0 Å². The molecule has 2 atom stereocenters. The van der Waals surface area contributed by atoms with Crippen molar-refractivity contribution in [1.29, 1.82) is 0 Å². The van der Waals surface area contributed by atoms with Gasteiger partial charge >= 0.3 is 5.97 Å². The molecule has 0 saturated carbocycles. The maximum absolute atomic E-state index is 10.2. The lowest BCUT2D eigenvalue weighted by atomic mass is 10.1.